The first-order chi connectivity index (χ1) is 12.8. The third-order valence-corrected chi connectivity index (χ3v) is 4.53. The van der Waals surface area contributed by atoms with Crippen molar-refractivity contribution in [2.75, 3.05) is 0 Å². The fourth-order valence-corrected chi connectivity index (χ4v) is 3.16. The van der Waals surface area contributed by atoms with Crippen LogP contribution in [-0.2, 0) is 6.42 Å². The van der Waals surface area contributed by atoms with Gasteiger partial charge in [0.1, 0.15) is 0 Å². The van der Waals surface area contributed by atoms with Gasteiger partial charge in [0.15, 0.2) is 6.60 Å². The van der Waals surface area contributed by atoms with Crippen LogP contribution in [0.25, 0.3) is 0 Å². The summed E-state index contributed by atoms with van der Waals surface area (Å²) in [6, 6.07) is 28.9. The molecule has 2 heterocycles. The van der Waals surface area contributed by atoms with E-state index in [9.17, 15) is 0 Å². The normalized spacial score (nSPS) is 10.6. The molecule has 2 aromatic heterocycles. The summed E-state index contributed by atoms with van der Waals surface area (Å²) in [4.78, 5) is 6.94. The second-order valence-corrected chi connectivity index (χ2v) is 6.50. The van der Waals surface area contributed by atoms with Gasteiger partial charge in [-0.3, -0.25) is 0 Å². The molecule has 0 spiro atoms. The van der Waals surface area contributed by atoms with Crippen LogP contribution in [0.4, 0.5) is 0 Å². The number of nitrogens with one attached hydrogen (secondary N) is 2. The van der Waals surface area contributed by atoms with Crippen LogP contribution in [0.3, 0.4) is 0 Å². The number of aromatic nitrogens is 2. The number of hydrogen-bond acceptors (Lipinski definition) is 0. The average Bonchev–Trinajstić information content (AvgIpc) is 3.33. The highest BCUT2D eigenvalue weighted by molar-refractivity contribution is 7.18. The predicted molar refractivity (Wildman–Crippen MR) is 113 cm³/mol. The lowest BCUT2D eigenvalue weighted by atomic mass is 9.28. The van der Waals surface area contributed by atoms with Crippen molar-refractivity contribution in [1.82, 2.24) is 9.97 Å². The zero-order chi connectivity index (χ0) is 17.8. The van der Waals surface area contributed by atoms with Crippen LogP contribution in [0, 0.1) is 0 Å². The summed E-state index contributed by atoms with van der Waals surface area (Å²) in [6.45, 7) is -0.129. The molecule has 121 valence electrons. The molecular formula is C21H18B3N2. The van der Waals surface area contributed by atoms with Gasteiger partial charge in [0.2, 0.25) is 7.28 Å². The van der Waals surface area contributed by atoms with E-state index in [4.69, 9.17) is 7.74 Å². The molecule has 3 radical (unpaired) electrons. The zero-order valence-corrected chi connectivity index (χ0v) is 14.5. The molecule has 0 aliphatic carbocycles. The first kappa shape index (κ1) is 16.7. The lowest BCUT2D eigenvalue weighted by Gasteiger charge is -2.07. The molecule has 0 fully saturated rings. The molecule has 4 rings (SSSR count). The van der Waals surface area contributed by atoms with Gasteiger partial charge in [-0.15, -0.1) is 0 Å². The van der Waals surface area contributed by atoms with Crippen LogP contribution in [0.15, 0.2) is 84.9 Å². The van der Waals surface area contributed by atoms with Crippen molar-refractivity contribution >= 4 is 43.7 Å². The summed E-state index contributed by atoms with van der Waals surface area (Å²) < 4.78 is 0. The van der Waals surface area contributed by atoms with Crippen LogP contribution < -0.4 is 22.1 Å². The van der Waals surface area contributed by atoms with Crippen LogP contribution in [0.1, 0.15) is 11.4 Å². The minimum absolute atomic E-state index is 0.129. The zero-order valence-electron chi connectivity index (χ0n) is 14.5. The summed E-state index contributed by atoms with van der Waals surface area (Å²) in [5.41, 5.74) is 6.78. The quantitative estimate of drug-likeness (QED) is 0.492. The first-order valence-corrected chi connectivity index (χ1v) is 8.84. The van der Waals surface area contributed by atoms with Crippen LogP contribution >= 0.6 is 0 Å². The van der Waals surface area contributed by atoms with Crippen LogP contribution in [0.2, 0.25) is 0 Å². The van der Waals surface area contributed by atoms with Gasteiger partial charge in [0.25, 0.3) is 0 Å². The van der Waals surface area contributed by atoms with Gasteiger partial charge in [-0.25, -0.2) is 0 Å². The van der Waals surface area contributed by atoms with Gasteiger partial charge >= 0.3 is 0 Å². The molecule has 0 unspecified atom stereocenters. The third kappa shape index (κ3) is 3.88. The van der Waals surface area contributed by atoms with E-state index in [1.54, 1.807) is 0 Å². The van der Waals surface area contributed by atoms with Gasteiger partial charge in [-0.2, -0.15) is 0 Å². The maximum Gasteiger partial charge on any atom is 0.213 e. The van der Waals surface area contributed by atoms with Gasteiger partial charge in [0, 0.05) is 25.5 Å². The molecule has 0 saturated carbocycles. The van der Waals surface area contributed by atoms with Crippen LogP contribution in [-0.4, -0.2) is 31.6 Å². The van der Waals surface area contributed by atoms with E-state index < -0.39 is 0 Å². The summed E-state index contributed by atoms with van der Waals surface area (Å²) in [6.07, 6.45) is 0.824. The van der Waals surface area contributed by atoms with E-state index in [2.05, 4.69) is 65.8 Å². The molecule has 2 aromatic carbocycles. The van der Waals surface area contributed by atoms with Crippen molar-refractivity contribution in [3.05, 3.63) is 96.3 Å². The molecule has 0 amide bonds. The van der Waals surface area contributed by atoms with Crippen molar-refractivity contribution in [3.63, 3.8) is 0 Å². The highest BCUT2D eigenvalue weighted by Gasteiger charge is 2.13. The van der Waals surface area contributed by atoms with Crippen molar-refractivity contribution in [2.24, 2.45) is 0 Å². The van der Waals surface area contributed by atoms with E-state index in [0.717, 1.165) is 28.8 Å². The third-order valence-electron chi connectivity index (χ3n) is 4.53. The molecule has 0 aliphatic heterocycles. The number of benzene rings is 2. The lowest BCUT2D eigenvalue weighted by molar-refractivity contribution is 1.07. The average molecular weight is 331 g/mol. The smallest absolute Gasteiger partial charge is 0.213 e. The van der Waals surface area contributed by atoms with Gasteiger partial charge < -0.3 is 9.97 Å². The number of aromatic amines is 2. The van der Waals surface area contributed by atoms with Crippen molar-refractivity contribution in [3.8, 4) is 0 Å². The fourth-order valence-electron chi connectivity index (χ4n) is 3.16. The second kappa shape index (κ2) is 7.61. The maximum absolute atomic E-state index is 6.37. The van der Waals surface area contributed by atoms with E-state index in [0.29, 0.717) is 0 Å². The molecule has 0 saturated heterocycles. The molecule has 4 aromatic rings. The molecule has 26 heavy (non-hydrogen) atoms. The number of H-pyrrole nitrogens is 2. The minimum atomic E-state index is -0.129. The Balaban J connectivity index is 1.43. The van der Waals surface area contributed by atoms with Crippen LogP contribution in [0.5, 0.6) is 0 Å². The number of rotatable bonds is 6. The molecule has 2 N–H and O–H groups in total. The topological polar surface area (TPSA) is 31.6 Å². The van der Waals surface area contributed by atoms with E-state index in [-0.39, 0.29) is 6.60 Å². The number of hydrogen-bond donors (Lipinski definition) is 2. The summed E-state index contributed by atoms with van der Waals surface area (Å²) >= 11 is 0. The molecule has 0 bridgehead atoms. The molecule has 0 aliphatic rings. The Kier molecular flexibility index (Phi) is 4.87. The Bertz CT molecular complexity index is 961. The monoisotopic (exact) mass is 331 g/mol. The fraction of sp³-hybridized carbons (Fsp3) is 0.0476. The Morgan fingerprint density at radius 2 is 1.38 bits per heavy atom. The maximum atomic E-state index is 6.37. The standard InChI is InChI=1S/C21H18B3N2/c22-24(17-9-5-2-6-10-17)21-14-12-19(26-21)15-18-11-13-20(25-18)23-16-7-3-1-4-8-16/h1-14,25-26H,15H2. The molecule has 2 nitrogen and oxygen atoms in total. The summed E-state index contributed by atoms with van der Waals surface area (Å²) in [5, 5.41) is 0. The Hall–Kier alpha value is -2.81. The van der Waals surface area contributed by atoms with Crippen molar-refractivity contribution < 1.29 is 0 Å². The molecular weight excluding hydrogens is 313 g/mol. The summed E-state index contributed by atoms with van der Waals surface area (Å²) in [7, 11) is 8.52. The predicted octanol–water partition coefficient (Wildman–Crippen LogP) is 0.863. The van der Waals surface area contributed by atoms with E-state index >= 15 is 0 Å². The van der Waals surface area contributed by atoms with Crippen molar-refractivity contribution in [2.45, 2.75) is 6.42 Å². The molecule has 0 atom stereocenters. The summed E-state index contributed by atoms with van der Waals surface area (Å²) in [5.74, 6) is 0. The largest absolute Gasteiger partial charge is 0.371 e. The lowest BCUT2D eigenvalue weighted by Crippen LogP contribution is -2.43. The first-order valence-electron chi connectivity index (χ1n) is 8.84. The van der Waals surface area contributed by atoms with Gasteiger partial charge in [-0.1, -0.05) is 83.7 Å². The Morgan fingerprint density at radius 3 is 2.15 bits per heavy atom. The Morgan fingerprint density at radius 1 is 0.731 bits per heavy atom. The SMILES string of the molecule is [B]B(c1ccccc1)c1ccc(Cc2ccc([B]c3ccccc3)[nH]2)[nH]1. The highest BCUT2D eigenvalue weighted by Crippen LogP contribution is 2.03. The van der Waals surface area contributed by atoms with E-state index in [1.165, 1.54) is 11.2 Å². The highest BCUT2D eigenvalue weighted by atomic mass is 14.7. The Labute approximate surface area is 156 Å². The van der Waals surface area contributed by atoms with Gasteiger partial charge in [-0.05, 0) is 23.3 Å². The molecule has 5 heteroatoms. The second-order valence-electron chi connectivity index (χ2n) is 6.50. The van der Waals surface area contributed by atoms with Gasteiger partial charge in [0.05, 0.1) is 0 Å². The van der Waals surface area contributed by atoms with E-state index in [1.807, 2.05) is 36.4 Å². The minimum Gasteiger partial charge on any atom is -0.371 e. The van der Waals surface area contributed by atoms with Crippen molar-refractivity contribution in [1.29, 1.82) is 0 Å².